The lowest BCUT2D eigenvalue weighted by atomic mass is 10.2. The Morgan fingerprint density at radius 1 is 1.10 bits per heavy atom. The molecule has 0 saturated carbocycles. The van der Waals surface area contributed by atoms with Crippen LogP contribution in [0, 0.1) is 0 Å². The molecule has 0 aliphatic heterocycles. The summed E-state index contributed by atoms with van der Waals surface area (Å²) in [7, 11) is 0. The third kappa shape index (κ3) is 4.38. The van der Waals surface area contributed by atoms with Crippen LogP contribution in [0.25, 0.3) is 0 Å². The lowest BCUT2D eigenvalue weighted by molar-refractivity contribution is 0.103. The molecule has 1 aromatic heterocycles. The summed E-state index contributed by atoms with van der Waals surface area (Å²) in [4.78, 5) is 12.6. The minimum absolute atomic E-state index is 0.0522. The van der Waals surface area contributed by atoms with Gasteiger partial charge in [-0.15, -0.1) is 11.3 Å². The lowest BCUT2D eigenvalue weighted by Crippen LogP contribution is -2.10. The topological polar surface area (TPSA) is 41.1 Å². The summed E-state index contributed by atoms with van der Waals surface area (Å²) >= 11 is 1.44. The molecule has 0 radical (unpaired) electrons. The molecule has 3 nitrogen and oxygen atoms in total. The fourth-order valence-corrected chi connectivity index (χ4v) is 2.50. The molecule has 20 heavy (non-hydrogen) atoms. The van der Waals surface area contributed by atoms with Crippen molar-refractivity contribution in [1.82, 2.24) is 0 Å². The van der Waals surface area contributed by atoms with Gasteiger partial charge >= 0.3 is 0 Å². The monoisotopic (exact) mass is 288 g/mol. The van der Waals surface area contributed by atoms with Crippen LogP contribution in [0.3, 0.4) is 0 Å². The van der Waals surface area contributed by atoms with Crippen LogP contribution in [-0.2, 0) is 0 Å². The maximum Gasteiger partial charge on any atom is 0.265 e. The first-order valence-corrected chi connectivity index (χ1v) is 7.86. The molecule has 2 N–H and O–H groups in total. The fourth-order valence-electron chi connectivity index (χ4n) is 1.88. The number of unbranched alkanes of at least 4 members (excludes halogenated alkanes) is 2. The Morgan fingerprint density at radius 3 is 2.50 bits per heavy atom. The van der Waals surface area contributed by atoms with Crippen molar-refractivity contribution in [3.63, 3.8) is 0 Å². The number of rotatable bonds is 7. The molecule has 2 rings (SSSR count). The van der Waals surface area contributed by atoms with E-state index in [1.807, 2.05) is 41.8 Å². The molecule has 2 aromatic rings. The zero-order valence-corrected chi connectivity index (χ0v) is 12.5. The Hall–Kier alpha value is -1.81. The Kier molecular flexibility index (Phi) is 5.62. The van der Waals surface area contributed by atoms with Crippen molar-refractivity contribution in [3.8, 4) is 0 Å². The van der Waals surface area contributed by atoms with Gasteiger partial charge in [0.15, 0.2) is 0 Å². The molecular formula is C16H20N2OS. The molecule has 0 fully saturated rings. The summed E-state index contributed by atoms with van der Waals surface area (Å²) in [6.45, 7) is 3.19. The van der Waals surface area contributed by atoms with E-state index >= 15 is 0 Å². The van der Waals surface area contributed by atoms with E-state index in [9.17, 15) is 4.79 Å². The van der Waals surface area contributed by atoms with Gasteiger partial charge in [-0.25, -0.2) is 0 Å². The molecule has 0 atom stereocenters. The second kappa shape index (κ2) is 7.70. The van der Waals surface area contributed by atoms with E-state index < -0.39 is 0 Å². The second-order valence-electron chi connectivity index (χ2n) is 4.64. The van der Waals surface area contributed by atoms with Gasteiger partial charge in [0.05, 0.1) is 4.88 Å². The van der Waals surface area contributed by atoms with Gasteiger partial charge in [0.2, 0.25) is 0 Å². The first kappa shape index (κ1) is 14.6. The van der Waals surface area contributed by atoms with Gasteiger partial charge in [0.25, 0.3) is 5.91 Å². The van der Waals surface area contributed by atoms with Crippen molar-refractivity contribution in [2.75, 3.05) is 17.2 Å². The summed E-state index contributed by atoms with van der Waals surface area (Å²) < 4.78 is 0. The van der Waals surface area contributed by atoms with Crippen molar-refractivity contribution < 1.29 is 4.79 Å². The van der Waals surface area contributed by atoms with E-state index in [2.05, 4.69) is 17.6 Å². The molecule has 0 aliphatic carbocycles. The fraction of sp³-hybridized carbons (Fsp3) is 0.312. The summed E-state index contributed by atoms with van der Waals surface area (Å²) in [6, 6.07) is 11.5. The highest BCUT2D eigenvalue weighted by Crippen LogP contribution is 2.16. The predicted molar refractivity (Wildman–Crippen MR) is 86.7 cm³/mol. The highest BCUT2D eigenvalue weighted by atomic mass is 32.1. The number of hydrogen-bond acceptors (Lipinski definition) is 3. The van der Waals surface area contributed by atoms with Crippen LogP contribution in [0.4, 0.5) is 11.4 Å². The number of nitrogens with one attached hydrogen (secondary N) is 2. The minimum Gasteiger partial charge on any atom is -0.385 e. The van der Waals surface area contributed by atoms with E-state index in [0.717, 1.165) is 22.8 Å². The maximum absolute atomic E-state index is 11.9. The van der Waals surface area contributed by atoms with Gasteiger partial charge in [-0.3, -0.25) is 4.79 Å². The van der Waals surface area contributed by atoms with Crippen molar-refractivity contribution in [1.29, 1.82) is 0 Å². The number of thiophene rings is 1. The van der Waals surface area contributed by atoms with Crippen LogP contribution >= 0.6 is 11.3 Å². The Balaban J connectivity index is 1.83. The summed E-state index contributed by atoms with van der Waals surface area (Å²) in [6.07, 6.45) is 3.67. The highest BCUT2D eigenvalue weighted by Gasteiger charge is 2.06. The van der Waals surface area contributed by atoms with E-state index in [1.54, 1.807) is 0 Å². The number of amides is 1. The maximum atomic E-state index is 11.9. The molecular weight excluding hydrogens is 268 g/mol. The number of benzene rings is 1. The Labute approximate surface area is 124 Å². The van der Waals surface area contributed by atoms with Gasteiger partial charge in [-0.05, 0) is 42.1 Å². The van der Waals surface area contributed by atoms with E-state index in [0.29, 0.717) is 0 Å². The van der Waals surface area contributed by atoms with Crippen LogP contribution < -0.4 is 10.6 Å². The van der Waals surface area contributed by atoms with Gasteiger partial charge in [-0.1, -0.05) is 25.8 Å². The second-order valence-corrected chi connectivity index (χ2v) is 5.59. The van der Waals surface area contributed by atoms with Crippen molar-refractivity contribution in [3.05, 3.63) is 46.7 Å². The quantitative estimate of drug-likeness (QED) is 0.731. The van der Waals surface area contributed by atoms with Gasteiger partial charge in [0, 0.05) is 17.9 Å². The average Bonchev–Trinajstić information content (AvgIpc) is 3.00. The van der Waals surface area contributed by atoms with Crippen LogP contribution in [0.5, 0.6) is 0 Å². The highest BCUT2D eigenvalue weighted by molar-refractivity contribution is 7.12. The van der Waals surface area contributed by atoms with Crippen molar-refractivity contribution >= 4 is 28.6 Å². The van der Waals surface area contributed by atoms with E-state index in [1.165, 1.54) is 30.6 Å². The SMILES string of the molecule is CCCCCNc1ccc(NC(=O)c2cccs2)cc1. The van der Waals surface area contributed by atoms with Gasteiger partial charge < -0.3 is 10.6 Å². The average molecular weight is 288 g/mol. The Bertz CT molecular complexity index is 520. The summed E-state index contributed by atoms with van der Waals surface area (Å²) in [5.41, 5.74) is 1.91. The third-order valence-electron chi connectivity index (χ3n) is 3.00. The zero-order valence-electron chi connectivity index (χ0n) is 11.7. The summed E-state index contributed by atoms with van der Waals surface area (Å²) in [5.74, 6) is -0.0522. The first-order valence-electron chi connectivity index (χ1n) is 6.98. The first-order chi connectivity index (χ1) is 9.79. The molecule has 4 heteroatoms. The van der Waals surface area contributed by atoms with Crippen molar-refractivity contribution in [2.24, 2.45) is 0 Å². The largest absolute Gasteiger partial charge is 0.385 e. The number of carbonyl (C=O) groups is 1. The van der Waals surface area contributed by atoms with Crippen LogP contribution in [0.2, 0.25) is 0 Å². The lowest BCUT2D eigenvalue weighted by Gasteiger charge is -2.08. The molecule has 0 spiro atoms. The smallest absolute Gasteiger partial charge is 0.265 e. The summed E-state index contributed by atoms with van der Waals surface area (Å²) in [5, 5.41) is 8.17. The van der Waals surface area contributed by atoms with Gasteiger partial charge in [0.1, 0.15) is 0 Å². The molecule has 0 aliphatic rings. The standard InChI is InChI=1S/C16H20N2OS/c1-2-3-4-11-17-13-7-9-14(10-8-13)18-16(19)15-6-5-12-20-15/h5-10,12,17H,2-4,11H2,1H3,(H,18,19). The predicted octanol–water partition coefficient (Wildman–Crippen LogP) is 4.60. The van der Waals surface area contributed by atoms with E-state index in [4.69, 9.17) is 0 Å². The third-order valence-corrected chi connectivity index (χ3v) is 3.87. The number of hydrogen-bond donors (Lipinski definition) is 2. The van der Waals surface area contributed by atoms with E-state index in [-0.39, 0.29) is 5.91 Å². The molecule has 106 valence electrons. The number of carbonyl (C=O) groups excluding carboxylic acids is 1. The van der Waals surface area contributed by atoms with Gasteiger partial charge in [-0.2, -0.15) is 0 Å². The zero-order chi connectivity index (χ0) is 14.2. The molecule has 0 saturated heterocycles. The normalized spacial score (nSPS) is 10.2. The number of anilines is 2. The molecule has 1 heterocycles. The molecule has 0 unspecified atom stereocenters. The Morgan fingerprint density at radius 2 is 1.85 bits per heavy atom. The molecule has 1 aromatic carbocycles. The van der Waals surface area contributed by atoms with Crippen LogP contribution in [0.1, 0.15) is 35.9 Å². The van der Waals surface area contributed by atoms with Crippen LogP contribution in [0.15, 0.2) is 41.8 Å². The molecule has 1 amide bonds. The molecule has 0 bridgehead atoms. The van der Waals surface area contributed by atoms with Crippen molar-refractivity contribution in [2.45, 2.75) is 26.2 Å². The van der Waals surface area contributed by atoms with Crippen LogP contribution in [-0.4, -0.2) is 12.5 Å². The minimum atomic E-state index is -0.0522.